The summed E-state index contributed by atoms with van der Waals surface area (Å²) in [4.78, 5) is 16.9. The largest absolute Gasteiger partial charge is 0.368 e. The summed E-state index contributed by atoms with van der Waals surface area (Å²) in [6.45, 7) is 9.78. The molecule has 2 aromatic carbocycles. The van der Waals surface area contributed by atoms with Gasteiger partial charge in [-0.05, 0) is 49.6 Å². The molecule has 1 fully saturated rings. The Morgan fingerprint density at radius 1 is 0.875 bits per heavy atom. The van der Waals surface area contributed by atoms with Crippen LogP contribution >= 0.6 is 0 Å². The summed E-state index contributed by atoms with van der Waals surface area (Å²) in [5.41, 5.74) is 6.25. The van der Waals surface area contributed by atoms with Gasteiger partial charge in [-0.1, -0.05) is 35.9 Å². The zero-order chi connectivity index (χ0) is 17.1. The Kier molecular flexibility index (Phi) is 4.89. The van der Waals surface area contributed by atoms with Gasteiger partial charge in [-0.15, -0.1) is 0 Å². The number of hydrogen-bond donors (Lipinski definition) is 0. The number of hydrogen-bond acceptors (Lipinski definition) is 2. The van der Waals surface area contributed by atoms with Crippen molar-refractivity contribution in [3.05, 3.63) is 64.7 Å². The van der Waals surface area contributed by atoms with Crippen molar-refractivity contribution in [1.29, 1.82) is 0 Å². The van der Waals surface area contributed by atoms with Crippen LogP contribution in [0.5, 0.6) is 0 Å². The van der Waals surface area contributed by atoms with Crippen LogP contribution in [0.2, 0.25) is 0 Å². The van der Waals surface area contributed by atoms with E-state index in [2.05, 4.69) is 68.1 Å². The van der Waals surface area contributed by atoms with E-state index in [9.17, 15) is 4.79 Å². The second-order valence-electron chi connectivity index (χ2n) is 6.80. The lowest BCUT2D eigenvalue weighted by Crippen LogP contribution is -2.49. The maximum absolute atomic E-state index is 12.5. The van der Waals surface area contributed by atoms with Gasteiger partial charge in [0.1, 0.15) is 0 Å². The standard InChI is InChI=1S/C21H26N2O/c1-16-4-7-19(8-5-16)15-21(24)23-12-10-22(11-13-23)20-9-6-17(2)18(3)14-20/h4-9,14H,10-13,15H2,1-3H3. The summed E-state index contributed by atoms with van der Waals surface area (Å²) in [6, 6.07) is 14.9. The number of piperazine rings is 1. The predicted octanol–water partition coefficient (Wildman–Crippen LogP) is 3.50. The van der Waals surface area contributed by atoms with Gasteiger partial charge in [0, 0.05) is 31.9 Å². The van der Waals surface area contributed by atoms with Crippen LogP contribution in [0.15, 0.2) is 42.5 Å². The SMILES string of the molecule is Cc1ccc(CC(=O)N2CCN(c3ccc(C)c(C)c3)CC2)cc1. The number of carbonyl (C=O) groups is 1. The van der Waals surface area contributed by atoms with Crippen LogP contribution in [0.3, 0.4) is 0 Å². The van der Waals surface area contributed by atoms with E-state index in [0.29, 0.717) is 6.42 Å². The first-order valence-electron chi connectivity index (χ1n) is 8.68. The first-order valence-corrected chi connectivity index (χ1v) is 8.68. The van der Waals surface area contributed by atoms with E-state index in [1.165, 1.54) is 22.4 Å². The fourth-order valence-electron chi connectivity index (χ4n) is 3.13. The zero-order valence-corrected chi connectivity index (χ0v) is 14.9. The van der Waals surface area contributed by atoms with Crippen molar-refractivity contribution in [3.63, 3.8) is 0 Å². The van der Waals surface area contributed by atoms with Crippen LogP contribution in [0.25, 0.3) is 0 Å². The highest BCUT2D eigenvalue weighted by molar-refractivity contribution is 5.79. The smallest absolute Gasteiger partial charge is 0.227 e. The van der Waals surface area contributed by atoms with Gasteiger partial charge in [0.05, 0.1) is 6.42 Å². The normalized spacial score (nSPS) is 14.8. The molecule has 1 aliphatic rings. The average Bonchev–Trinajstić information content (AvgIpc) is 2.59. The summed E-state index contributed by atoms with van der Waals surface area (Å²) >= 11 is 0. The Bertz CT molecular complexity index is 713. The minimum Gasteiger partial charge on any atom is -0.368 e. The van der Waals surface area contributed by atoms with Gasteiger partial charge in [0.15, 0.2) is 0 Å². The quantitative estimate of drug-likeness (QED) is 0.863. The van der Waals surface area contributed by atoms with E-state index >= 15 is 0 Å². The lowest BCUT2D eigenvalue weighted by Gasteiger charge is -2.36. The third kappa shape index (κ3) is 3.78. The van der Waals surface area contributed by atoms with Crippen LogP contribution in [-0.2, 0) is 11.2 Å². The summed E-state index contributed by atoms with van der Waals surface area (Å²) in [7, 11) is 0. The number of amides is 1. The van der Waals surface area contributed by atoms with Crippen LogP contribution in [0.4, 0.5) is 5.69 Å². The maximum atomic E-state index is 12.5. The van der Waals surface area contributed by atoms with Crippen LogP contribution in [0, 0.1) is 20.8 Å². The molecule has 1 saturated heterocycles. The average molecular weight is 322 g/mol. The molecule has 126 valence electrons. The Morgan fingerprint density at radius 2 is 1.54 bits per heavy atom. The molecule has 0 bridgehead atoms. The molecule has 3 nitrogen and oxygen atoms in total. The molecule has 3 heteroatoms. The van der Waals surface area contributed by atoms with E-state index < -0.39 is 0 Å². The van der Waals surface area contributed by atoms with Gasteiger partial charge >= 0.3 is 0 Å². The highest BCUT2D eigenvalue weighted by atomic mass is 16.2. The van der Waals surface area contributed by atoms with Crippen LogP contribution in [-0.4, -0.2) is 37.0 Å². The molecule has 0 aromatic heterocycles. The van der Waals surface area contributed by atoms with Crippen molar-refractivity contribution in [2.75, 3.05) is 31.1 Å². The van der Waals surface area contributed by atoms with Gasteiger partial charge in [-0.2, -0.15) is 0 Å². The Morgan fingerprint density at radius 3 is 2.17 bits per heavy atom. The highest BCUT2D eigenvalue weighted by Gasteiger charge is 2.21. The molecule has 24 heavy (non-hydrogen) atoms. The lowest BCUT2D eigenvalue weighted by atomic mass is 10.1. The van der Waals surface area contributed by atoms with Crippen molar-refractivity contribution in [1.82, 2.24) is 4.90 Å². The van der Waals surface area contributed by atoms with E-state index in [1.54, 1.807) is 0 Å². The summed E-state index contributed by atoms with van der Waals surface area (Å²) in [5, 5.41) is 0. The zero-order valence-electron chi connectivity index (χ0n) is 14.9. The van der Waals surface area contributed by atoms with Gasteiger partial charge < -0.3 is 9.80 Å². The third-order valence-corrected chi connectivity index (χ3v) is 4.96. The Labute approximate surface area is 144 Å². The Balaban J connectivity index is 1.57. The number of rotatable bonds is 3. The van der Waals surface area contributed by atoms with Crippen molar-refractivity contribution >= 4 is 11.6 Å². The van der Waals surface area contributed by atoms with Crippen LogP contribution < -0.4 is 4.90 Å². The van der Waals surface area contributed by atoms with E-state index in [0.717, 1.165) is 31.7 Å². The van der Waals surface area contributed by atoms with Gasteiger partial charge in [-0.3, -0.25) is 4.79 Å². The first kappa shape index (κ1) is 16.6. The third-order valence-electron chi connectivity index (χ3n) is 4.96. The van der Waals surface area contributed by atoms with Gasteiger partial charge in [0.25, 0.3) is 0 Å². The molecule has 0 spiro atoms. The molecule has 1 aliphatic heterocycles. The number of carbonyl (C=O) groups excluding carboxylic acids is 1. The van der Waals surface area contributed by atoms with Crippen molar-refractivity contribution in [2.24, 2.45) is 0 Å². The molecule has 0 aliphatic carbocycles. The fourth-order valence-corrected chi connectivity index (χ4v) is 3.13. The van der Waals surface area contributed by atoms with E-state index in [4.69, 9.17) is 0 Å². The van der Waals surface area contributed by atoms with E-state index in [1.807, 2.05) is 4.90 Å². The molecule has 0 unspecified atom stereocenters. The van der Waals surface area contributed by atoms with Gasteiger partial charge in [0.2, 0.25) is 5.91 Å². The molecular weight excluding hydrogens is 296 g/mol. The van der Waals surface area contributed by atoms with Crippen molar-refractivity contribution < 1.29 is 4.79 Å². The molecule has 1 amide bonds. The van der Waals surface area contributed by atoms with Crippen molar-refractivity contribution in [3.8, 4) is 0 Å². The topological polar surface area (TPSA) is 23.6 Å². The monoisotopic (exact) mass is 322 g/mol. The molecule has 0 radical (unpaired) electrons. The molecule has 0 saturated carbocycles. The second-order valence-corrected chi connectivity index (χ2v) is 6.80. The molecule has 3 rings (SSSR count). The molecule has 0 N–H and O–H groups in total. The first-order chi connectivity index (χ1) is 11.5. The number of anilines is 1. The number of aryl methyl sites for hydroxylation is 3. The number of nitrogens with zero attached hydrogens (tertiary/aromatic N) is 2. The maximum Gasteiger partial charge on any atom is 0.227 e. The minimum atomic E-state index is 0.235. The summed E-state index contributed by atoms with van der Waals surface area (Å²) < 4.78 is 0. The van der Waals surface area contributed by atoms with E-state index in [-0.39, 0.29) is 5.91 Å². The minimum absolute atomic E-state index is 0.235. The second kappa shape index (κ2) is 7.08. The number of benzene rings is 2. The molecular formula is C21H26N2O. The lowest BCUT2D eigenvalue weighted by molar-refractivity contribution is -0.130. The van der Waals surface area contributed by atoms with Gasteiger partial charge in [-0.25, -0.2) is 0 Å². The van der Waals surface area contributed by atoms with Crippen molar-refractivity contribution in [2.45, 2.75) is 27.2 Å². The summed E-state index contributed by atoms with van der Waals surface area (Å²) in [6.07, 6.45) is 0.504. The fraction of sp³-hybridized carbons (Fsp3) is 0.381. The molecule has 1 heterocycles. The molecule has 0 atom stereocenters. The summed E-state index contributed by atoms with van der Waals surface area (Å²) in [5.74, 6) is 0.235. The van der Waals surface area contributed by atoms with Crippen LogP contribution in [0.1, 0.15) is 22.3 Å². The molecule has 2 aromatic rings. The highest BCUT2D eigenvalue weighted by Crippen LogP contribution is 2.20. The predicted molar refractivity (Wildman–Crippen MR) is 99.6 cm³/mol. The Hall–Kier alpha value is -2.29.